The molecule has 1 heterocycles. The van der Waals surface area contributed by atoms with Gasteiger partial charge in [-0.25, -0.2) is 21.6 Å². The molecular formula is C18H15Cl2F3N2O3S. The first kappa shape index (κ1) is 21.9. The zero-order valence-corrected chi connectivity index (χ0v) is 17.1. The lowest BCUT2D eigenvalue weighted by atomic mass is 9.97. The third kappa shape index (κ3) is 4.37. The fourth-order valence-corrected chi connectivity index (χ4v) is 5.63. The fourth-order valence-electron chi connectivity index (χ4n) is 3.07. The Balaban J connectivity index is 1.69. The summed E-state index contributed by atoms with van der Waals surface area (Å²) in [6.45, 7) is 0.0322. The van der Waals surface area contributed by atoms with Crippen LogP contribution in [0.2, 0.25) is 10.0 Å². The summed E-state index contributed by atoms with van der Waals surface area (Å²) in [6.07, 6.45) is 0.302. The van der Waals surface area contributed by atoms with Crippen LogP contribution < -0.4 is 5.32 Å². The molecule has 1 fully saturated rings. The minimum absolute atomic E-state index is 0.00817. The number of carbonyl (C=O) groups is 1. The Labute approximate surface area is 175 Å². The highest BCUT2D eigenvalue weighted by Crippen LogP contribution is 2.33. The summed E-state index contributed by atoms with van der Waals surface area (Å²) < 4.78 is 66.9. The summed E-state index contributed by atoms with van der Waals surface area (Å²) >= 11 is 12.0. The third-order valence-electron chi connectivity index (χ3n) is 4.63. The van der Waals surface area contributed by atoms with E-state index < -0.39 is 45.0 Å². The number of rotatable bonds is 4. The maximum absolute atomic E-state index is 13.7. The lowest BCUT2D eigenvalue weighted by Gasteiger charge is -2.31. The zero-order valence-electron chi connectivity index (χ0n) is 14.8. The molecule has 156 valence electrons. The van der Waals surface area contributed by atoms with Crippen molar-refractivity contribution in [1.29, 1.82) is 0 Å². The second kappa shape index (κ2) is 8.51. The van der Waals surface area contributed by atoms with Crippen LogP contribution in [-0.2, 0) is 14.8 Å². The second-order valence-electron chi connectivity index (χ2n) is 6.44. The molecule has 3 rings (SSSR count). The third-order valence-corrected chi connectivity index (χ3v) is 7.49. The second-order valence-corrected chi connectivity index (χ2v) is 9.13. The molecule has 0 unspecified atom stereocenters. The Bertz CT molecular complexity index is 1040. The van der Waals surface area contributed by atoms with Gasteiger partial charge in [-0.3, -0.25) is 4.79 Å². The van der Waals surface area contributed by atoms with Crippen LogP contribution >= 0.6 is 23.2 Å². The van der Waals surface area contributed by atoms with Crippen LogP contribution in [0.5, 0.6) is 0 Å². The number of hydrogen-bond donors (Lipinski definition) is 1. The van der Waals surface area contributed by atoms with Gasteiger partial charge in [0.15, 0.2) is 17.5 Å². The number of piperidine rings is 1. The van der Waals surface area contributed by atoms with E-state index in [1.165, 1.54) is 22.5 Å². The van der Waals surface area contributed by atoms with Gasteiger partial charge in [0, 0.05) is 19.0 Å². The van der Waals surface area contributed by atoms with E-state index in [1.54, 1.807) is 0 Å². The molecule has 1 N–H and O–H groups in total. The Kier molecular flexibility index (Phi) is 6.42. The van der Waals surface area contributed by atoms with Crippen LogP contribution in [0.25, 0.3) is 0 Å². The number of nitrogens with one attached hydrogen (secondary N) is 1. The molecule has 5 nitrogen and oxygen atoms in total. The van der Waals surface area contributed by atoms with Gasteiger partial charge in [-0.15, -0.1) is 0 Å². The predicted octanol–water partition coefficient (Wildman–Crippen LogP) is 4.45. The van der Waals surface area contributed by atoms with Gasteiger partial charge in [0.05, 0.1) is 15.7 Å². The predicted molar refractivity (Wildman–Crippen MR) is 103 cm³/mol. The minimum Gasteiger partial charge on any atom is -0.323 e. The number of benzene rings is 2. The van der Waals surface area contributed by atoms with Crippen LogP contribution in [0.1, 0.15) is 12.8 Å². The summed E-state index contributed by atoms with van der Waals surface area (Å²) in [5, 5.41) is 2.20. The van der Waals surface area contributed by atoms with Gasteiger partial charge in [0.1, 0.15) is 4.90 Å². The monoisotopic (exact) mass is 466 g/mol. The number of carbonyl (C=O) groups excluding carboxylic acids is 1. The Morgan fingerprint density at radius 1 is 1.00 bits per heavy atom. The average molecular weight is 467 g/mol. The number of anilines is 1. The fraction of sp³-hybridized carbons (Fsp3) is 0.278. The zero-order chi connectivity index (χ0) is 21.3. The molecule has 1 aliphatic rings. The van der Waals surface area contributed by atoms with Crippen molar-refractivity contribution < 1.29 is 26.4 Å². The normalized spacial score (nSPS) is 16.0. The molecule has 0 saturated carbocycles. The van der Waals surface area contributed by atoms with Crippen molar-refractivity contribution in [1.82, 2.24) is 4.31 Å². The molecule has 0 aromatic heterocycles. The first-order valence-corrected chi connectivity index (χ1v) is 10.7. The number of nitrogens with zero attached hydrogens (tertiary/aromatic N) is 1. The van der Waals surface area contributed by atoms with Gasteiger partial charge < -0.3 is 5.32 Å². The molecule has 2 aromatic carbocycles. The number of hydrogen-bond acceptors (Lipinski definition) is 3. The van der Waals surface area contributed by atoms with E-state index in [2.05, 4.69) is 5.32 Å². The van der Waals surface area contributed by atoms with Gasteiger partial charge in [-0.2, -0.15) is 4.31 Å². The number of sulfonamides is 1. The standard InChI is InChI=1S/C18H15Cl2F3N2O3S/c19-11-2-1-3-12(20)17(11)29(27,28)25-8-6-10(7-9-25)18(26)24-14-5-4-13(21)15(22)16(14)23/h1-5,10H,6-9H2,(H,24,26). The van der Waals surface area contributed by atoms with Crippen LogP contribution in [0.4, 0.5) is 18.9 Å². The molecule has 1 amide bonds. The minimum atomic E-state index is -3.96. The van der Waals surface area contributed by atoms with E-state index in [9.17, 15) is 26.4 Å². The van der Waals surface area contributed by atoms with E-state index in [1.807, 2.05) is 0 Å². The quantitative estimate of drug-likeness (QED) is 0.676. The summed E-state index contributed by atoms with van der Waals surface area (Å²) in [4.78, 5) is 12.1. The van der Waals surface area contributed by atoms with Crippen molar-refractivity contribution >= 4 is 44.8 Å². The van der Waals surface area contributed by atoms with Crippen molar-refractivity contribution in [2.45, 2.75) is 17.7 Å². The Hall–Kier alpha value is -1.81. The summed E-state index contributed by atoms with van der Waals surface area (Å²) in [6, 6.07) is 5.98. The molecular weight excluding hydrogens is 452 g/mol. The molecule has 0 aliphatic carbocycles. The topological polar surface area (TPSA) is 66.5 Å². The molecule has 0 bridgehead atoms. The van der Waals surface area contributed by atoms with Gasteiger partial charge in [0.2, 0.25) is 15.9 Å². The van der Waals surface area contributed by atoms with Crippen LogP contribution in [-0.4, -0.2) is 31.7 Å². The SMILES string of the molecule is O=C(Nc1ccc(F)c(F)c1F)C1CCN(S(=O)(=O)c2c(Cl)cccc2Cl)CC1. The molecule has 1 aliphatic heterocycles. The van der Waals surface area contributed by atoms with Gasteiger partial charge >= 0.3 is 0 Å². The maximum atomic E-state index is 13.7. The smallest absolute Gasteiger partial charge is 0.246 e. The van der Waals surface area contributed by atoms with Crippen molar-refractivity contribution in [2.75, 3.05) is 18.4 Å². The highest BCUT2D eigenvalue weighted by atomic mass is 35.5. The lowest BCUT2D eigenvalue weighted by molar-refractivity contribution is -0.120. The van der Waals surface area contributed by atoms with Crippen molar-refractivity contribution in [3.05, 3.63) is 57.8 Å². The number of halogens is 5. The molecule has 0 atom stereocenters. The van der Waals surface area contributed by atoms with Crippen LogP contribution in [0.15, 0.2) is 35.2 Å². The van der Waals surface area contributed by atoms with E-state index in [4.69, 9.17) is 23.2 Å². The van der Waals surface area contributed by atoms with Gasteiger partial charge in [0.25, 0.3) is 0 Å². The van der Waals surface area contributed by atoms with E-state index in [0.717, 1.165) is 6.07 Å². The molecule has 0 spiro atoms. The van der Waals surface area contributed by atoms with Crippen LogP contribution in [0.3, 0.4) is 0 Å². The molecule has 29 heavy (non-hydrogen) atoms. The molecule has 2 aromatic rings. The highest BCUT2D eigenvalue weighted by molar-refractivity contribution is 7.89. The van der Waals surface area contributed by atoms with Gasteiger partial charge in [-0.1, -0.05) is 29.3 Å². The van der Waals surface area contributed by atoms with E-state index >= 15 is 0 Å². The van der Waals surface area contributed by atoms with Crippen molar-refractivity contribution in [3.63, 3.8) is 0 Å². The highest BCUT2D eigenvalue weighted by Gasteiger charge is 2.34. The van der Waals surface area contributed by atoms with E-state index in [0.29, 0.717) is 6.07 Å². The lowest BCUT2D eigenvalue weighted by Crippen LogP contribution is -2.41. The Morgan fingerprint density at radius 2 is 1.59 bits per heavy atom. The van der Waals surface area contributed by atoms with Crippen molar-refractivity contribution in [3.8, 4) is 0 Å². The van der Waals surface area contributed by atoms with Crippen LogP contribution in [0, 0.1) is 23.4 Å². The maximum Gasteiger partial charge on any atom is 0.246 e. The molecule has 11 heteroatoms. The average Bonchev–Trinajstić information content (AvgIpc) is 2.68. The summed E-state index contributed by atoms with van der Waals surface area (Å²) in [5.74, 6) is -5.78. The van der Waals surface area contributed by atoms with Crippen molar-refractivity contribution in [2.24, 2.45) is 5.92 Å². The largest absolute Gasteiger partial charge is 0.323 e. The summed E-state index contributed by atoms with van der Waals surface area (Å²) in [5.41, 5.74) is -0.480. The summed E-state index contributed by atoms with van der Waals surface area (Å²) in [7, 11) is -3.96. The first-order valence-electron chi connectivity index (χ1n) is 8.51. The van der Waals surface area contributed by atoms with Gasteiger partial charge in [-0.05, 0) is 37.1 Å². The molecule has 0 radical (unpaired) electrons. The molecule has 1 saturated heterocycles. The Morgan fingerprint density at radius 3 is 2.17 bits per heavy atom. The van der Waals surface area contributed by atoms with E-state index in [-0.39, 0.29) is 40.9 Å². The number of amides is 1. The first-order chi connectivity index (χ1) is 13.6.